The van der Waals surface area contributed by atoms with Gasteiger partial charge in [0.1, 0.15) is 0 Å². The van der Waals surface area contributed by atoms with E-state index in [2.05, 4.69) is 36.5 Å². The second-order valence-corrected chi connectivity index (χ2v) is 7.92. The predicted octanol–water partition coefficient (Wildman–Crippen LogP) is 3.98. The molecule has 2 fully saturated rings. The SMILES string of the molecule is Cc1cccc(C2CC(C(=O)Nc3ccccc3)CN(C(=O)C3CC3)C2)c1. The molecule has 2 aliphatic rings. The number of carbonyl (C=O) groups is 2. The maximum absolute atomic E-state index is 12.9. The topological polar surface area (TPSA) is 49.4 Å². The molecule has 140 valence electrons. The van der Waals surface area contributed by atoms with Gasteiger partial charge in [0.05, 0.1) is 5.92 Å². The lowest BCUT2D eigenvalue weighted by Crippen LogP contribution is -2.47. The molecule has 4 rings (SSSR count). The van der Waals surface area contributed by atoms with Crippen molar-refractivity contribution < 1.29 is 9.59 Å². The molecule has 1 saturated carbocycles. The van der Waals surface area contributed by atoms with E-state index in [4.69, 9.17) is 0 Å². The summed E-state index contributed by atoms with van der Waals surface area (Å²) in [6.07, 6.45) is 2.76. The van der Waals surface area contributed by atoms with Crippen LogP contribution in [0.25, 0.3) is 0 Å². The van der Waals surface area contributed by atoms with Gasteiger partial charge in [0, 0.05) is 30.6 Å². The number of rotatable bonds is 4. The molecule has 2 aromatic rings. The molecule has 2 unspecified atom stereocenters. The van der Waals surface area contributed by atoms with Gasteiger partial charge in [-0.2, -0.15) is 0 Å². The number of aryl methyl sites for hydroxylation is 1. The molecule has 1 heterocycles. The zero-order valence-corrected chi connectivity index (χ0v) is 15.7. The Labute approximate surface area is 160 Å². The Balaban J connectivity index is 1.54. The highest BCUT2D eigenvalue weighted by Crippen LogP contribution is 2.36. The zero-order chi connectivity index (χ0) is 18.8. The van der Waals surface area contributed by atoms with Crippen LogP contribution < -0.4 is 5.32 Å². The Morgan fingerprint density at radius 2 is 1.74 bits per heavy atom. The summed E-state index contributed by atoms with van der Waals surface area (Å²) in [4.78, 5) is 27.6. The quantitative estimate of drug-likeness (QED) is 0.894. The minimum Gasteiger partial charge on any atom is -0.341 e. The van der Waals surface area contributed by atoms with Crippen molar-refractivity contribution in [3.63, 3.8) is 0 Å². The van der Waals surface area contributed by atoms with Gasteiger partial charge in [-0.3, -0.25) is 9.59 Å². The minimum atomic E-state index is -0.188. The number of likely N-dealkylation sites (tertiary alicyclic amines) is 1. The number of benzene rings is 2. The zero-order valence-electron chi connectivity index (χ0n) is 15.7. The molecule has 0 bridgehead atoms. The molecule has 0 spiro atoms. The largest absolute Gasteiger partial charge is 0.341 e. The molecule has 27 heavy (non-hydrogen) atoms. The number of amides is 2. The summed E-state index contributed by atoms with van der Waals surface area (Å²) in [7, 11) is 0. The molecule has 0 radical (unpaired) electrons. The molecule has 0 aromatic heterocycles. The molecule has 4 heteroatoms. The van der Waals surface area contributed by atoms with Crippen LogP contribution in [0.2, 0.25) is 0 Å². The van der Waals surface area contributed by atoms with E-state index in [1.807, 2.05) is 35.2 Å². The van der Waals surface area contributed by atoms with E-state index in [1.54, 1.807) is 0 Å². The monoisotopic (exact) mass is 362 g/mol. The molecule has 2 amide bonds. The number of carbonyl (C=O) groups excluding carboxylic acids is 2. The second-order valence-electron chi connectivity index (χ2n) is 7.92. The summed E-state index contributed by atoms with van der Waals surface area (Å²) in [6.45, 7) is 3.32. The van der Waals surface area contributed by atoms with Gasteiger partial charge in [0.2, 0.25) is 11.8 Å². The van der Waals surface area contributed by atoms with Crippen LogP contribution >= 0.6 is 0 Å². The number of anilines is 1. The van der Waals surface area contributed by atoms with Gasteiger partial charge in [0.15, 0.2) is 0 Å². The van der Waals surface area contributed by atoms with Gasteiger partial charge >= 0.3 is 0 Å². The number of nitrogens with zero attached hydrogens (tertiary/aromatic N) is 1. The molecule has 2 atom stereocenters. The van der Waals surface area contributed by atoms with Crippen molar-refractivity contribution in [1.82, 2.24) is 4.90 Å². The molecular formula is C23H26N2O2. The first kappa shape index (κ1) is 17.8. The Hall–Kier alpha value is -2.62. The van der Waals surface area contributed by atoms with Crippen molar-refractivity contribution in [3.05, 3.63) is 65.7 Å². The van der Waals surface area contributed by atoms with E-state index < -0.39 is 0 Å². The van der Waals surface area contributed by atoms with Crippen molar-refractivity contribution >= 4 is 17.5 Å². The Bertz CT molecular complexity index is 829. The van der Waals surface area contributed by atoms with Crippen LogP contribution in [-0.2, 0) is 9.59 Å². The van der Waals surface area contributed by atoms with Crippen molar-refractivity contribution in [1.29, 1.82) is 0 Å². The van der Waals surface area contributed by atoms with E-state index in [0.717, 1.165) is 24.9 Å². The van der Waals surface area contributed by atoms with Gasteiger partial charge in [-0.05, 0) is 43.9 Å². The van der Waals surface area contributed by atoms with Crippen LogP contribution in [0.1, 0.15) is 36.3 Å². The summed E-state index contributed by atoms with van der Waals surface area (Å²) in [6, 6.07) is 18.0. The molecule has 2 aromatic carbocycles. The Morgan fingerprint density at radius 1 is 0.963 bits per heavy atom. The van der Waals surface area contributed by atoms with Gasteiger partial charge in [-0.25, -0.2) is 0 Å². The third-order valence-corrected chi connectivity index (χ3v) is 5.61. The van der Waals surface area contributed by atoms with E-state index in [0.29, 0.717) is 13.1 Å². The standard InChI is InChI=1S/C23H26N2O2/c1-16-6-5-7-18(12-16)19-13-20(15-25(14-19)23(27)17-10-11-17)22(26)24-21-8-3-2-4-9-21/h2-9,12,17,19-20H,10-11,13-15H2,1H3,(H,24,26). The Morgan fingerprint density at radius 3 is 2.44 bits per heavy atom. The fraction of sp³-hybridized carbons (Fsp3) is 0.391. The Kier molecular flexibility index (Phi) is 4.97. The number of hydrogen-bond acceptors (Lipinski definition) is 2. The average molecular weight is 362 g/mol. The van der Waals surface area contributed by atoms with Crippen LogP contribution in [0.15, 0.2) is 54.6 Å². The highest BCUT2D eigenvalue weighted by Gasteiger charge is 2.39. The normalized spacial score (nSPS) is 22.3. The predicted molar refractivity (Wildman–Crippen MR) is 106 cm³/mol. The number of hydrogen-bond donors (Lipinski definition) is 1. The van der Waals surface area contributed by atoms with Crippen molar-refractivity contribution in [3.8, 4) is 0 Å². The number of piperidine rings is 1. The summed E-state index contributed by atoms with van der Waals surface area (Å²) in [5.41, 5.74) is 3.24. The maximum Gasteiger partial charge on any atom is 0.229 e. The second kappa shape index (κ2) is 7.55. The summed E-state index contributed by atoms with van der Waals surface area (Å²) in [5, 5.41) is 3.02. The van der Waals surface area contributed by atoms with Crippen molar-refractivity contribution in [2.24, 2.45) is 11.8 Å². The summed E-state index contributed by atoms with van der Waals surface area (Å²) < 4.78 is 0. The van der Waals surface area contributed by atoms with Crippen LogP contribution in [0.3, 0.4) is 0 Å². The van der Waals surface area contributed by atoms with Crippen LogP contribution in [0.4, 0.5) is 5.69 Å². The van der Waals surface area contributed by atoms with E-state index in [1.165, 1.54) is 11.1 Å². The minimum absolute atomic E-state index is 0.00662. The van der Waals surface area contributed by atoms with Crippen molar-refractivity contribution in [2.45, 2.75) is 32.1 Å². The summed E-state index contributed by atoms with van der Waals surface area (Å²) in [5.74, 6) is 0.427. The fourth-order valence-corrected chi connectivity index (χ4v) is 3.99. The van der Waals surface area contributed by atoms with Gasteiger partial charge in [-0.1, -0.05) is 48.0 Å². The highest BCUT2D eigenvalue weighted by atomic mass is 16.2. The van der Waals surface area contributed by atoms with Crippen LogP contribution in [0, 0.1) is 18.8 Å². The molecule has 1 N–H and O–H groups in total. The van der Waals surface area contributed by atoms with Crippen LogP contribution in [0.5, 0.6) is 0 Å². The van der Waals surface area contributed by atoms with Gasteiger partial charge in [-0.15, -0.1) is 0 Å². The van der Waals surface area contributed by atoms with Gasteiger partial charge in [0.25, 0.3) is 0 Å². The molecule has 1 saturated heterocycles. The van der Waals surface area contributed by atoms with E-state index in [-0.39, 0.29) is 29.6 Å². The van der Waals surface area contributed by atoms with Gasteiger partial charge < -0.3 is 10.2 Å². The van der Waals surface area contributed by atoms with E-state index in [9.17, 15) is 9.59 Å². The van der Waals surface area contributed by atoms with E-state index >= 15 is 0 Å². The third kappa shape index (κ3) is 4.21. The third-order valence-electron chi connectivity index (χ3n) is 5.61. The lowest BCUT2D eigenvalue weighted by Gasteiger charge is -2.37. The lowest BCUT2D eigenvalue weighted by molar-refractivity contribution is -0.136. The molecule has 1 aliphatic carbocycles. The molecular weight excluding hydrogens is 336 g/mol. The fourth-order valence-electron chi connectivity index (χ4n) is 3.99. The number of para-hydroxylation sites is 1. The first-order valence-electron chi connectivity index (χ1n) is 9.81. The molecule has 4 nitrogen and oxygen atoms in total. The maximum atomic E-state index is 12.9. The molecule has 1 aliphatic heterocycles. The smallest absolute Gasteiger partial charge is 0.229 e. The lowest BCUT2D eigenvalue weighted by atomic mass is 9.83. The first-order chi connectivity index (χ1) is 13.1. The first-order valence-corrected chi connectivity index (χ1v) is 9.81. The average Bonchev–Trinajstić information content (AvgIpc) is 3.53. The number of nitrogens with one attached hydrogen (secondary N) is 1. The van der Waals surface area contributed by atoms with Crippen molar-refractivity contribution in [2.75, 3.05) is 18.4 Å². The van der Waals surface area contributed by atoms with Crippen LogP contribution in [-0.4, -0.2) is 29.8 Å². The highest BCUT2D eigenvalue weighted by molar-refractivity contribution is 5.93. The summed E-state index contributed by atoms with van der Waals surface area (Å²) >= 11 is 0.